The van der Waals surface area contributed by atoms with Gasteiger partial charge in [-0.2, -0.15) is 0 Å². The molecule has 0 aromatic carbocycles. The van der Waals surface area contributed by atoms with Crippen molar-refractivity contribution in [3.8, 4) is 0 Å². The Balaban J connectivity index is 1.84. The smallest absolute Gasteiger partial charge is 0.180 e. The lowest BCUT2D eigenvalue weighted by Gasteiger charge is -2.56. The van der Waals surface area contributed by atoms with E-state index in [2.05, 4.69) is 0 Å². The van der Waals surface area contributed by atoms with Crippen LogP contribution in [-0.2, 0) is 9.59 Å². The fourth-order valence-electron chi connectivity index (χ4n) is 5.52. The molecule has 5 aliphatic rings. The van der Waals surface area contributed by atoms with Gasteiger partial charge in [0, 0.05) is 23.7 Å². The van der Waals surface area contributed by atoms with Gasteiger partial charge in [-0.3, -0.25) is 9.59 Å². The van der Waals surface area contributed by atoms with Crippen LogP contribution in [0.25, 0.3) is 0 Å². The average molecular weight is 378 g/mol. The summed E-state index contributed by atoms with van der Waals surface area (Å²) in [4.78, 5) is 20.9. The van der Waals surface area contributed by atoms with E-state index in [4.69, 9.17) is 46.4 Å². The van der Waals surface area contributed by atoms with Crippen molar-refractivity contribution in [1.82, 2.24) is 0 Å². The summed E-state index contributed by atoms with van der Waals surface area (Å²) in [5.41, 5.74) is 0. The third kappa shape index (κ3) is 1.02. The zero-order valence-electron chi connectivity index (χ0n) is 11.4. The topological polar surface area (TPSA) is 34.1 Å². The Morgan fingerprint density at radius 3 is 1.09 bits per heavy atom. The zero-order chi connectivity index (χ0) is 15.7. The molecule has 8 atom stereocenters. The number of alkyl halides is 4. The first-order chi connectivity index (χ1) is 10.2. The molecule has 22 heavy (non-hydrogen) atoms. The number of carbonyl (C=O) groups excluding carboxylic acids is 2. The molecule has 116 valence electrons. The lowest BCUT2D eigenvalue weighted by molar-refractivity contribution is -0.141. The van der Waals surface area contributed by atoms with Crippen molar-refractivity contribution in [2.75, 3.05) is 0 Å². The van der Waals surface area contributed by atoms with Crippen LogP contribution in [-0.4, -0.2) is 31.1 Å². The van der Waals surface area contributed by atoms with Crippen LogP contribution in [0.3, 0.4) is 0 Å². The molecule has 3 fully saturated rings. The molecular weight excluding hydrogens is 366 g/mol. The number of fused-ring (bicyclic) bond motifs is 10. The monoisotopic (exact) mass is 376 g/mol. The summed E-state index contributed by atoms with van der Waals surface area (Å²) in [5.74, 6) is -1.74. The van der Waals surface area contributed by atoms with Gasteiger partial charge in [0.1, 0.15) is 19.5 Å². The summed E-state index contributed by atoms with van der Waals surface area (Å²) in [6, 6.07) is 0. The van der Waals surface area contributed by atoms with E-state index in [0.717, 1.165) is 0 Å². The van der Waals surface area contributed by atoms with Crippen LogP contribution in [0.1, 0.15) is 12.8 Å². The molecule has 0 saturated heterocycles. The molecule has 0 spiro atoms. The third-order valence-electron chi connectivity index (χ3n) is 6.59. The number of ketones is 2. The number of allylic oxidation sites excluding steroid dienone is 4. The fraction of sp³-hybridized carbons (Fsp3) is 0.625. The molecule has 6 heteroatoms. The third-order valence-corrected chi connectivity index (χ3v) is 9.79. The van der Waals surface area contributed by atoms with Crippen LogP contribution in [0.5, 0.6) is 0 Å². The van der Waals surface area contributed by atoms with Crippen molar-refractivity contribution in [3.05, 3.63) is 24.3 Å². The van der Waals surface area contributed by atoms with Gasteiger partial charge in [0.2, 0.25) is 0 Å². The van der Waals surface area contributed by atoms with Gasteiger partial charge >= 0.3 is 0 Å². The lowest BCUT2D eigenvalue weighted by atomic mass is 9.58. The van der Waals surface area contributed by atoms with E-state index >= 15 is 0 Å². The molecule has 0 aromatic rings. The van der Waals surface area contributed by atoms with Crippen molar-refractivity contribution < 1.29 is 9.59 Å². The van der Waals surface area contributed by atoms with Crippen LogP contribution < -0.4 is 0 Å². The lowest BCUT2D eigenvalue weighted by Crippen LogP contribution is -2.78. The first-order valence-electron chi connectivity index (χ1n) is 7.45. The number of hydrogen-bond acceptors (Lipinski definition) is 2. The number of carbonyl (C=O) groups is 2. The molecule has 0 heterocycles. The van der Waals surface area contributed by atoms with E-state index in [0.29, 0.717) is 12.8 Å². The standard InChI is InChI=1S/C16H12Cl4O2/c17-13-7-1-2-8(5-7)14(13,18)12(22)16(20)10-4-3-9(6-10)15(16,19)11(13)21/h1-4,7-10H,5-6H2/t7-,8-,9-,10+,13-,14+,15+,16+/m0/s1. The van der Waals surface area contributed by atoms with E-state index in [9.17, 15) is 9.59 Å². The predicted molar refractivity (Wildman–Crippen MR) is 85.8 cm³/mol. The average Bonchev–Trinajstić information content (AvgIpc) is 3.23. The molecular formula is C16H12Cl4O2. The van der Waals surface area contributed by atoms with Crippen LogP contribution in [0.4, 0.5) is 0 Å². The Morgan fingerprint density at radius 2 is 0.864 bits per heavy atom. The summed E-state index contributed by atoms with van der Waals surface area (Å²) in [6.07, 6.45) is 8.80. The Bertz CT molecular complexity index is 605. The molecule has 0 aromatic heterocycles. The largest absolute Gasteiger partial charge is 0.295 e. The molecule has 0 N–H and O–H groups in total. The van der Waals surface area contributed by atoms with Gasteiger partial charge in [-0.1, -0.05) is 24.3 Å². The molecule has 2 nitrogen and oxygen atoms in total. The highest BCUT2D eigenvalue weighted by Crippen LogP contribution is 2.73. The van der Waals surface area contributed by atoms with Gasteiger partial charge in [0.15, 0.2) is 11.6 Å². The Hall–Kier alpha value is -0.0200. The SMILES string of the molecule is O=C1[C@]2(Cl)[C@H]3C=C[C@@H](C3)[C@]2(Cl)C(=O)[C@]2(Cl)[C@H]3C=C[C@H](C3)[C@@]12Cl. The summed E-state index contributed by atoms with van der Waals surface area (Å²) in [6.45, 7) is 0. The summed E-state index contributed by atoms with van der Waals surface area (Å²) in [7, 11) is 0. The normalized spacial score (nSPS) is 63.6. The molecule has 5 aliphatic carbocycles. The van der Waals surface area contributed by atoms with Crippen molar-refractivity contribution in [3.63, 3.8) is 0 Å². The number of hydrogen-bond donors (Lipinski definition) is 0. The van der Waals surface area contributed by atoms with Crippen molar-refractivity contribution in [2.45, 2.75) is 32.3 Å². The molecule has 0 amide bonds. The van der Waals surface area contributed by atoms with Gasteiger partial charge in [0.25, 0.3) is 0 Å². The minimum absolute atomic E-state index is 0.256. The maximum absolute atomic E-state index is 13.4. The summed E-state index contributed by atoms with van der Waals surface area (Å²) >= 11 is 27.2. The number of rotatable bonds is 0. The fourth-order valence-corrected chi connectivity index (χ4v) is 7.77. The number of Topliss-reactive ketones (excluding diaryl/α,β-unsaturated/α-hetero) is 2. The molecule has 0 aliphatic heterocycles. The maximum Gasteiger partial charge on any atom is 0.180 e. The van der Waals surface area contributed by atoms with Gasteiger partial charge in [-0.25, -0.2) is 0 Å². The zero-order valence-corrected chi connectivity index (χ0v) is 14.4. The Labute approximate surface area is 147 Å². The van der Waals surface area contributed by atoms with Crippen LogP contribution in [0.15, 0.2) is 24.3 Å². The van der Waals surface area contributed by atoms with Crippen LogP contribution in [0.2, 0.25) is 0 Å². The minimum Gasteiger partial charge on any atom is -0.295 e. The first kappa shape index (κ1) is 14.3. The summed E-state index contributed by atoms with van der Waals surface area (Å²) < 4.78 is 0. The Kier molecular flexibility index (Phi) is 2.37. The van der Waals surface area contributed by atoms with Crippen molar-refractivity contribution in [2.24, 2.45) is 23.7 Å². The van der Waals surface area contributed by atoms with E-state index < -0.39 is 19.5 Å². The van der Waals surface area contributed by atoms with E-state index in [1.807, 2.05) is 24.3 Å². The highest BCUT2D eigenvalue weighted by atomic mass is 35.5. The minimum atomic E-state index is -1.48. The number of halogens is 4. The molecule has 0 unspecified atom stereocenters. The Morgan fingerprint density at radius 1 is 0.636 bits per heavy atom. The maximum atomic E-state index is 13.4. The second kappa shape index (κ2) is 3.64. The second-order valence-electron chi connectivity index (χ2n) is 7.17. The van der Waals surface area contributed by atoms with Gasteiger partial charge in [-0.15, -0.1) is 46.4 Å². The van der Waals surface area contributed by atoms with Crippen molar-refractivity contribution in [1.29, 1.82) is 0 Å². The van der Waals surface area contributed by atoms with Crippen LogP contribution >= 0.6 is 46.4 Å². The second-order valence-corrected chi connectivity index (χ2v) is 9.56. The van der Waals surface area contributed by atoms with Gasteiger partial charge in [-0.05, 0) is 12.8 Å². The van der Waals surface area contributed by atoms with Crippen molar-refractivity contribution >= 4 is 58.0 Å². The van der Waals surface area contributed by atoms with E-state index in [1.54, 1.807) is 0 Å². The molecule has 3 saturated carbocycles. The van der Waals surface area contributed by atoms with E-state index in [1.165, 1.54) is 0 Å². The summed E-state index contributed by atoms with van der Waals surface area (Å²) in [5, 5.41) is 0. The van der Waals surface area contributed by atoms with Gasteiger partial charge < -0.3 is 0 Å². The van der Waals surface area contributed by atoms with Crippen LogP contribution in [0, 0.1) is 23.7 Å². The first-order valence-corrected chi connectivity index (χ1v) is 8.96. The molecule has 0 radical (unpaired) electrons. The van der Waals surface area contributed by atoms with E-state index in [-0.39, 0.29) is 35.2 Å². The predicted octanol–water partition coefficient (Wildman–Crippen LogP) is 3.46. The molecule has 5 rings (SSSR count). The quantitative estimate of drug-likeness (QED) is 0.478. The highest BCUT2D eigenvalue weighted by Gasteiger charge is 2.87. The van der Waals surface area contributed by atoms with Gasteiger partial charge in [0.05, 0.1) is 0 Å². The highest BCUT2D eigenvalue weighted by molar-refractivity contribution is 6.64. The molecule has 4 bridgehead atoms.